The number of hydrogen-bond donors (Lipinski definition) is 1. The zero-order chi connectivity index (χ0) is 22.6. The lowest BCUT2D eigenvalue weighted by molar-refractivity contribution is -0.909. The van der Waals surface area contributed by atoms with Gasteiger partial charge in [0.15, 0.2) is 0 Å². The molecule has 0 radical (unpaired) electrons. The molecule has 0 saturated heterocycles. The van der Waals surface area contributed by atoms with E-state index in [-0.39, 0.29) is 0 Å². The minimum absolute atomic E-state index is 0.797. The second kappa shape index (κ2) is 13.0. The third kappa shape index (κ3) is 10.9. The smallest absolute Gasteiger partial charge is 0.0836 e. The fourth-order valence-electron chi connectivity index (χ4n) is 4.29. The van der Waals surface area contributed by atoms with Gasteiger partial charge in [-0.05, 0) is 17.7 Å². The van der Waals surface area contributed by atoms with E-state index in [2.05, 4.69) is 93.8 Å². The molecule has 0 fully saturated rings. The molecule has 0 heterocycles. The van der Waals surface area contributed by atoms with Crippen molar-refractivity contribution in [2.75, 3.05) is 67.5 Å². The van der Waals surface area contributed by atoms with E-state index >= 15 is 0 Å². The van der Waals surface area contributed by atoms with Gasteiger partial charge in [0.1, 0.15) is 0 Å². The van der Waals surface area contributed by atoms with Crippen LogP contribution in [0.2, 0.25) is 0 Å². The van der Waals surface area contributed by atoms with E-state index in [4.69, 9.17) is 5.73 Å². The van der Waals surface area contributed by atoms with Crippen molar-refractivity contribution in [3.63, 3.8) is 0 Å². The van der Waals surface area contributed by atoms with Crippen molar-refractivity contribution < 1.29 is 8.97 Å². The Morgan fingerprint density at radius 1 is 0.613 bits per heavy atom. The first kappa shape index (κ1) is 25.5. The van der Waals surface area contributed by atoms with Gasteiger partial charge < -0.3 is 14.7 Å². The standard InChI is InChI=1S/C27H46N4/c1-30(2,20-11-18-28)22-13-23-31(3,4)21-12-19-29(24-26-14-7-5-8-15-26)25-27-16-9-6-10-17-27/h5-10,14-17H,11-13,18-25,28H2,1-4H3/q+2. The van der Waals surface area contributed by atoms with Crippen LogP contribution in [0.3, 0.4) is 0 Å². The first-order chi connectivity index (χ1) is 14.8. The van der Waals surface area contributed by atoms with Crippen molar-refractivity contribution in [2.45, 2.75) is 32.4 Å². The van der Waals surface area contributed by atoms with Crippen molar-refractivity contribution in [1.29, 1.82) is 0 Å². The molecule has 0 spiro atoms. The lowest BCUT2D eigenvalue weighted by Gasteiger charge is -2.34. The van der Waals surface area contributed by atoms with E-state index in [0.717, 1.165) is 41.6 Å². The van der Waals surface area contributed by atoms with Gasteiger partial charge in [0, 0.05) is 38.9 Å². The molecule has 2 aromatic carbocycles. The summed E-state index contributed by atoms with van der Waals surface area (Å²) in [6, 6.07) is 21.7. The third-order valence-electron chi connectivity index (χ3n) is 6.23. The predicted molar refractivity (Wildman–Crippen MR) is 134 cm³/mol. The van der Waals surface area contributed by atoms with E-state index in [1.54, 1.807) is 0 Å². The van der Waals surface area contributed by atoms with Crippen molar-refractivity contribution >= 4 is 0 Å². The molecule has 0 aliphatic rings. The average molecular weight is 427 g/mol. The summed E-state index contributed by atoms with van der Waals surface area (Å²) in [7, 11) is 9.44. The van der Waals surface area contributed by atoms with Gasteiger partial charge in [-0.1, -0.05) is 60.7 Å². The Morgan fingerprint density at radius 3 is 1.48 bits per heavy atom. The fraction of sp³-hybridized carbons (Fsp3) is 0.556. The molecule has 0 amide bonds. The highest BCUT2D eigenvalue weighted by Crippen LogP contribution is 2.12. The molecule has 0 aromatic heterocycles. The molecule has 0 atom stereocenters. The Hall–Kier alpha value is -1.72. The Labute approximate surface area is 191 Å². The van der Waals surface area contributed by atoms with Crippen LogP contribution in [-0.2, 0) is 13.1 Å². The maximum Gasteiger partial charge on any atom is 0.0836 e. The van der Waals surface area contributed by atoms with E-state index in [1.807, 2.05) is 0 Å². The summed E-state index contributed by atoms with van der Waals surface area (Å²) in [6.07, 6.45) is 3.60. The molecule has 4 heteroatoms. The van der Waals surface area contributed by atoms with Crippen LogP contribution in [0.25, 0.3) is 0 Å². The first-order valence-electron chi connectivity index (χ1n) is 11.9. The summed E-state index contributed by atoms with van der Waals surface area (Å²) in [5.41, 5.74) is 8.48. The van der Waals surface area contributed by atoms with Gasteiger partial charge >= 0.3 is 0 Å². The van der Waals surface area contributed by atoms with Gasteiger partial charge in [-0.2, -0.15) is 0 Å². The normalized spacial score (nSPS) is 12.5. The third-order valence-corrected chi connectivity index (χ3v) is 6.23. The van der Waals surface area contributed by atoms with Gasteiger partial charge in [0.05, 0.1) is 54.4 Å². The molecule has 0 bridgehead atoms. The van der Waals surface area contributed by atoms with Crippen molar-refractivity contribution in [1.82, 2.24) is 4.90 Å². The Bertz CT molecular complexity index is 671. The van der Waals surface area contributed by atoms with E-state index < -0.39 is 0 Å². The lowest BCUT2D eigenvalue weighted by atomic mass is 10.1. The number of nitrogens with zero attached hydrogens (tertiary/aromatic N) is 3. The quantitative estimate of drug-likeness (QED) is 0.437. The number of quaternary nitrogens is 2. The summed E-state index contributed by atoms with van der Waals surface area (Å²) in [5.74, 6) is 0. The highest BCUT2D eigenvalue weighted by atomic mass is 15.3. The second-order valence-corrected chi connectivity index (χ2v) is 10.3. The van der Waals surface area contributed by atoms with Gasteiger partial charge in [-0.3, -0.25) is 4.90 Å². The topological polar surface area (TPSA) is 29.3 Å². The monoisotopic (exact) mass is 426 g/mol. The molecule has 0 unspecified atom stereocenters. The van der Waals surface area contributed by atoms with Gasteiger partial charge in [0.25, 0.3) is 0 Å². The van der Waals surface area contributed by atoms with Crippen LogP contribution < -0.4 is 5.73 Å². The maximum atomic E-state index is 5.69. The van der Waals surface area contributed by atoms with Crippen LogP contribution in [0.15, 0.2) is 60.7 Å². The Balaban J connectivity index is 1.82. The average Bonchev–Trinajstić information content (AvgIpc) is 2.73. The first-order valence-corrected chi connectivity index (χ1v) is 11.9. The Kier molecular flexibility index (Phi) is 10.7. The predicted octanol–water partition coefficient (Wildman–Crippen LogP) is 3.97. The summed E-state index contributed by atoms with van der Waals surface area (Å²) in [5, 5.41) is 0. The molecular formula is C27H46N4+2. The fourth-order valence-corrected chi connectivity index (χ4v) is 4.29. The lowest BCUT2D eigenvalue weighted by Crippen LogP contribution is -2.46. The van der Waals surface area contributed by atoms with Crippen LogP contribution >= 0.6 is 0 Å². The van der Waals surface area contributed by atoms with Crippen molar-refractivity contribution in [3.8, 4) is 0 Å². The number of rotatable bonds is 15. The van der Waals surface area contributed by atoms with Gasteiger partial charge in [-0.25, -0.2) is 0 Å². The van der Waals surface area contributed by atoms with Gasteiger partial charge in [-0.15, -0.1) is 0 Å². The molecular weight excluding hydrogens is 380 g/mol. The Morgan fingerprint density at radius 2 is 1.03 bits per heavy atom. The minimum Gasteiger partial charge on any atom is -0.330 e. The summed E-state index contributed by atoms with van der Waals surface area (Å²) in [4.78, 5) is 2.59. The van der Waals surface area contributed by atoms with Crippen LogP contribution in [0.5, 0.6) is 0 Å². The minimum atomic E-state index is 0.797. The molecule has 0 aliphatic carbocycles. The molecule has 172 valence electrons. The molecule has 2 N–H and O–H groups in total. The largest absolute Gasteiger partial charge is 0.330 e. The molecule has 31 heavy (non-hydrogen) atoms. The highest BCUT2D eigenvalue weighted by molar-refractivity contribution is 5.17. The summed E-state index contributed by atoms with van der Waals surface area (Å²) < 4.78 is 2.18. The molecule has 2 aromatic rings. The maximum absolute atomic E-state index is 5.69. The summed E-state index contributed by atoms with van der Waals surface area (Å²) >= 11 is 0. The van der Waals surface area contributed by atoms with Crippen molar-refractivity contribution in [2.24, 2.45) is 5.73 Å². The van der Waals surface area contributed by atoms with Crippen LogP contribution in [0.4, 0.5) is 0 Å². The van der Waals surface area contributed by atoms with Crippen LogP contribution in [0, 0.1) is 0 Å². The number of benzene rings is 2. The highest BCUT2D eigenvalue weighted by Gasteiger charge is 2.20. The van der Waals surface area contributed by atoms with Crippen LogP contribution in [0.1, 0.15) is 30.4 Å². The second-order valence-electron chi connectivity index (χ2n) is 10.3. The van der Waals surface area contributed by atoms with Gasteiger partial charge in [0.2, 0.25) is 0 Å². The molecule has 0 aliphatic heterocycles. The molecule has 0 saturated carbocycles. The zero-order valence-electron chi connectivity index (χ0n) is 20.5. The SMILES string of the molecule is C[N+](C)(CCCN)CCC[N+](C)(C)CCCN(Cc1ccccc1)Cc1ccccc1. The number of hydrogen-bond acceptors (Lipinski definition) is 2. The zero-order valence-corrected chi connectivity index (χ0v) is 20.5. The van der Waals surface area contributed by atoms with E-state index in [0.29, 0.717) is 0 Å². The number of nitrogens with two attached hydrogens (primary N) is 1. The van der Waals surface area contributed by atoms with E-state index in [1.165, 1.54) is 50.1 Å². The summed E-state index contributed by atoms with van der Waals surface area (Å²) in [6.45, 7) is 8.81. The molecule has 4 nitrogen and oxygen atoms in total. The van der Waals surface area contributed by atoms with Crippen molar-refractivity contribution in [3.05, 3.63) is 71.8 Å². The molecule has 2 rings (SSSR count). The van der Waals surface area contributed by atoms with E-state index in [9.17, 15) is 0 Å². The van der Waals surface area contributed by atoms with Crippen LogP contribution in [-0.4, -0.2) is 81.3 Å².